The number of nitrogens with one attached hydrogen (secondary N) is 2. The van der Waals surface area contributed by atoms with Gasteiger partial charge in [0.25, 0.3) is 5.91 Å². The maximum absolute atomic E-state index is 13.1. The molecular weight excluding hydrogens is 388 g/mol. The van der Waals surface area contributed by atoms with Crippen molar-refractivity contribution < 1.29 is 9.59 Å². The summed E-state index contributed by atoms with van der Waals surface area (Å²) in [6.07, 6.45) is 5.97. The average molecular weight is 425 g/mol. The molecule has 0 heterocycles. The van der Waals surface area contributed by atoms with Crippen LogP contribution in [0.4, 0.5) is 5.69 Å². The number of rotatable bonds is 8. The monoisotopic (exact) mass is 424 g/mol. The largest absolute Gasteiger partial charge is 0.369 e. The van der Waals surface area contributed by atoms with Crippen molar-refractivity contribution in [2.75, 3.05) is 18.0 Å². The summed E-state index contributed by atoms with van der Waals surface area (Å²) in [6, 6.07) is 6.18. The van der Waals surface area contributed by atoms with E-state index in [1.165, 1.54) is 19.3 Å². The van der Waals surface area contributed by atoms with E-state index in [9.17, 15) is 14.9 Å². The van der Waals surface area contributed by atoms with E-state index in [0.717, 1.165) is 30.6 Å². The Morgan fingerprint density at radius 2 is 1.90 bits per heavy atom. The summed E-state index contributed by atoms with van der Waals surface area (Å²) in [5, 5.41) is 15.2. The van der Waals surface area contributed by atoms with Crippen LogP contribution in [0.3, 0.4) is 0 Å². The van der Waals surface area contributed by atoms with Gasteiger partial charge >= 0.3 is 0 Å². The number of hydrogen-bond donors (Lipinski definition) is 2. The molecule has 0 aromatic heterocycles. The van der Waals surface area contributed by atoms with Gasteiger partial charge in [0.05, 0.1) is 17.0 Å². The summed E-state index contributed by atoms with van der Waals surface area (Å²) in [5.41, 5.74) is 2.55. The standard InChI is InChI=1S/C25H36N4O2/c1-7-29(20-11-9-8-10-12-20)22-14-19(15-26)13-21(18(22)4)23(30)27-16-25(5,6)24(31)28-17(2)3/h13-14,20H,2,7-12,16H2,1,3-6H3,(H,27,30)(H,28,31). The van der Waals surface area contributed by atoms with Crippen molar-refractivity contribution in [1.29, 1.82) is 5.26 Å². The Balaban J connectivity index is 2.28. The summed E-state index contributed by atoms with van der Waals surface area (Å²) in [4.78, 5) is 27.8. The molecule has 1 aliphatic rings. The maximum atomic E-state index is 13.1. The van der Waals surface area contributed by atoms with Crippen LogP contribution in [0.2, 0.25) is 0 Å². The normalized spacial score (nSPS) is 14.5. The molecule has 0 spiro atoms. The van der Waals surface area contributed by atoms with Crippen LogP contribution in [-0.2, 0) is 4.79 Å². The first kappa shape index (κ1) is 24.5. The molecule has 1 aliphatic carbocycles. The Hall–Kier alpha value is -2.81. The fourth-order valence-corrected chi connectivity index (χ4v) is 4.16. The Morgan fingerprint density at radius 1 is 1.26 bits per heavy atom. The van der Waals surface area contributed by atoms with Crippen LogP contribution in [0.1, 0.15) is 81.3 Å². The fraction of sp³-hybridized carbons (Fsp3) is 0.560. The predicted octanol–water partition coefficient (Wildman–Crippen LogP) is 4.43. The van der Waals surface area contributed by atoms with Crippen molar-refractivity contribution in [3.05, 3.63) is 41.1 Å². The van der Waals surface area contributed by atoms with E-state index < -0.39 is 5.41 Å². The molecule has 2 amide bonds. The number of anilines is 1. The lowest BCUT2D eigenvalue weighted by atomic mass is 9.91. The number of carbonyl (C=O) groups excluding carboxylic acids is 2. The number of allylic oxidation sites excluding steroid dienone is 1. The Morgan fingerprint density at radius 3 is 2.45 bits per heavy atom. The molecule has 0 radical (unpaired) electrons. The second kappa shape index (κ2) is 10.5. The van der Waals surface area contributed by atoms with Gasteiger partial charge in [0, 0.05) is 36.1 Å². The molecule has 1 aromatic carbocycles. The number of benzene rings is 1. The van der Waals surface area contributed by atoms with E-state index in [2.05, 4.69) is 35.1 Å². The van der Waals surface area contributed by atoms with Gasteiger partial charge in [0.2, 0.25) is 5.91 Å². The number of nitriles is 1. The number of hydrogen-bond acceptors (Lipinski definition) is 4. The molecule has 31 heavy (non-hydrogen) atoms. The van der Waals surface area contributed by atoms with Gasteiger partial charge in [-0.25, -0.2) is 0 Å². The minimum atomic E-state index is -0.796. The highest BCUT2D eigenvalue weighted by Gasteiger charge is 2.29. The van der Waals surface area contributed by atoms with Crippen molar-refractivity contribution in [3.8, 4) is 6.07 Å². The average Bonchev–Trinajstić information content (AvgIpc) is 2.74. The summed E-state index contributed by atoms with van der Waals surface area (Å²) < 4.78 is 0. The second-order valence-corrected chi connectivity index (χ2v) is 9.16. The minimum absolute atomic E-state index is 0.177. The molecule has 168 valence electrons. The van der Waals surface area contributed by atoms with Crippen LogP contribution in [0, 0.1) is 23.7 Å². The van der Waals surface area contributed by atoms with E-state index in [4.69, 9.17) is 0 Å². The van der Waals surface area contributed by atoms with Crippen molar-refractivity contribution in [2.45, 2.75) is 72.8 Å². The SMILES string of the molecule is C=C(C)NC(=O)C(C)(C)CNC(=O)c1cc(C#N)cc(N(CC)C2CCCCC2)c1C. The molecule has 0 atom stereocenters. The molecule has 0 bridgehead atoms. The molecule has 2 rings (SSSR count). The first-order valence-corrected chi connectivity index (χ1v) is 11.2. The van der Waals surface area contributed by atoms with Crippen molar-refractivity contribution in [1.82, 2.24) is 10.6 Å². The van der Waals surface area contributed by atoms with Crippen LogP contribution >= 0.6 is 0 Å². The molecular formula is C25H36N4O2. The molecule has 0 aliphatic heterocycles. The zero-order valence-electron chi connectivity index (χ0n) is 19.6. The summed E-state index contributed by atoms with van der Waals surface area (Å²) in [6.45, 7) is 14.0. The molecule has 1 fully saturated rings. The quantitative estimate of drug-likeness (QED) is 0.646. The number of carbonyl (C=O) groups is 2. The van der Waals surface area contributed by atoms with Gasteiger partial charge < -0.3 is 15.5 Å². The second-order valence-electron chi connectivity index (χ2n) is 9.16. The third kappa shape index (κ3) is 6.10. The minimum Gasteiger partial charge on any atom is -0.369 e. The molecule has 2 N–H and O–H groups in total. The van der Waals surface area contributed by atoms with Crippen LogP contribution in [0.5, 0.6) is 0 Å². The van der Waals surface area contributed by atoms with Gasteiger partial charge in [-0.15, -0.1) is 0 Å². The van der Waals surface area contributed by atoms with E-state index >= 15 is 0 Å². The van der Waals surface area contributed by atoms with E-state index in [1.807, 2.05) is 13.0 Å². The first-order chi connectivity index (χ1) is 14.6. The van der Waals surface area contributed by atoms with E-state index in [0.29, 0.717) is 22.9 Å². The molecule has 0 unspecified atom stereocenters. The smallest absolute Gasteiger partial charge is 0.251 e. The van der Waals surface area contributed by atoms with Gasteiger partial charge in [-0.1, -0.05) is 25.8 Å². The lowest BCUT2D eigenvalue weighted by molar-refractivity contribution is -0.128. The lowest BCUT2D eigenvalue weighted by Gasteiger charge is -2.36. The van der Waals surface area contributed by atoms with Crippen molar-refractivity contribution in [3.63, 3.8) is 0 Å². The van der Waals surface area contributed by atoms with Crippen LogP contribution < -0.4 is 15.5 Å². The number of amides is 2. The summed E-state index contributed by atoms with van der Waals surface area (Å²) in [7, 11) is 0. The van der Waals surface area contributed by atoms with E-state index in [-0.39, 0.29) is 18.4 Å². The topological polar surface area (TPSA) is 85.2 Å². The maximum Gasteiger partial charge on any atom is 0.251 e. The Kier molecular flexibility index (Phi) is 8.27. The third-order valence-corrected chi connectivity index (χ3v) is 6.05. The molecule has 1 aromatic rings. The van der Waals surface area contributed by atoms with Gasteiger partial charge in [0.15, 0.2) is 0 Å². The van der Waals surface area contributed by atoms with Crippen LogP contribution in [0.25, 0.3) is 0 Å². The van der Waals surface area contributed by atoms with Crippen molar-refractivity contribution >= 4 is 17.5 Å². The van der Waals surface area contributed by atoms with Gasteiger partial charge in [-0.3, -0.25) is 9.59 Å². The van der Waals surface area contributed by atoms with Gasteiger partial charge in [-0.2, -0.15) is 5.26 Å². The van der Waals surface area contributed by atoms with Crippen molar-refractivity contribution in [2.24, 2.45) is 5.41 Å². The summed E-state index contributed by atoms with van der Waals surface area (Å²) >= 11 is 0. The Labute approximate surface area is 186 Å². The summed E-state index contributed by atoms with van der Waals surface area (Å²) in [5.74, 6) is -0.468. The highest BCUT2D eigenvalue weighted by molar-refractivity contribution is 5.98. The highest BCUT2D eigenvalue weighted by atomic mass is 16.2. The van der Waals surface area contributed by atoms with Gasteiger partial charge in [0.1, 0.15) is 0 Å². The number of nitrogens with zero attached hydrogens (tertiary/aromatic N) is 2. The zero-order valence-corrected chi connectivity index (χ0v) is 19.6. The molecule has 0 saturated heterocycles. The van der Waals surface area contributed by atoms with Crippen LogP contribution in [-0.4, -0.2) is 30.9 Å². The van der Waals surface area contributed by atoms with E-state index in [1.54, 1.807) is 26.8 Å². The highest BCUT2D eigenvalue weighted by Crippen LogP contribution is 2.32. The first-order valence-electron chi connectivity index (χ1n) is 11.2. The molecule has 6 heteroatoms. The predicted molar refractivity (Wildman–Crippen MR) is 125 cm³/mol. The lowest BCUT2D eigenvalue weighted by Crippen LogP contribution is -2.44. The third-order valence-electron chi connectivity index (χ3n) is 6.05. The van der Waals surface area contributed by atoms with Gasteiger partial charge in [-0.05, 0) is 65.2 Å². The molecule has 6 nitrogen and oxygen atoms in total. The Bertz CT molecular complexity index is 876. The molecule has 1 saturated carbocycles. The fourth-order valence-electron chi connectivity index (χ4n) is 4.16. The zero-order chi connectivity index (χ0) is 23.2. The van der Waals surface area contributed by atoms with Crippen LogP contribution in [0.15, 0.2) is 24.4 Å².